The van der Waals surface area contributed by atoms with Gasteiger partial charge in [0.1, 0.15) is 5.75 Å². The van der Waals surface area contributed by atoms with Crippen LogP contribution in [-0.4, -0.2) is 23.6 Å². The normalized spacial score (nSPS) is 15.2. The lowest BCUT2D eigenvalue weighted by Crippen LogP contribution is -2.00. The number of pyridine rings is 1. The lowest BCUT2D eigenvalue weighted by atomic mass is 10.3. The van der Waals surface area contributed by atoms with E-state index in [2.05, 4.69) is 4.98 Å². The first kappa shape index (κ1) is 9.52. The smallest absolute Gasteiger partial charge is 0.153 e. The van der Waals surface area contributed by atoms with Crippen molar-refractivity contribution >= 4 is 18.0 Å². The van der Waals surface area contributed by atoms with Crippen molar-refractivity contribution in [1.82, 2.24) is 4.98 Å². The lowest BCUT2D eigenvalue weighted by molar-refractivity contribution is 0.111. The number of hydrogen-bond acceptors (Lipinski definition) is 4. The molecular weight excluding hydrogens is 198 g/mol. The number of hydrogen-bond donors (Lipinski definition) is 0. The molecule has 0 aliphatic heterocycles. The molecule has 0 aromatic carbocycles. The van der Waals surface area contributed by atoms with E-state index in [4.69, 9.17) is 4.74 Å². The zero-order valence-electron chi connectivity index (χ0n) is 7.90. The van der Waals surface area contributed by atoms with Gasteiger partial charge in [0, 0.05) is 0 Å². The zero-order chi connectivity index (χ0) is 9.97. The average Bonchev–Trinajstić information content (AvgIpc) is 3.02. The quantitative estimate of drug-likeness (QED) is 0.562. The third-order valence-corrected chi connectivity index (χ3v) is 2.67. The van der Waals surface area contributed by atoms with Crippen molar-refractivity contribution in [2.45, 2.75) is 24.0 Å². The highest BCUT2D eigenvalue weighted by atomic mass is 32.2. The van der Waals surface area contributed by atoms with E-state index in [9.17, 15) is 4.79 Å². The van der Waals surface area contributed by atoms with Crippen molar-refractivity contribution < 1.29 is 9.53 Å². The molecule has 1 aliphatic carbocycles. The molecule has 1 fully saturated rings. The fourth-order valence-corrected chi connectivity index (χ4v) is 1.51. The summed E-state index contributed by atoms with van der Waals surface area (Å²) in [6.45, 7) is 0. The molecule has 2 rings (SSSR count). The second-order valence-corrected chi connectivity index (χ2v) is 4.03. The summed E-state index contributed by atoms with van der Waals surface area (Å²) in [5, 5.41) is 0.843. The molecule has 3 nitrogen and oxygen atoms in total. The van der Waals surface area contributed by atoms with E-state index < -0.39 is 0 Å². The van der Waals surface area contributed by atoms with Crippen LogP contribution in [0.4, 0.5) is 0 Å². The summed E-state index contributed by atoms with van der Waals surface area (Å²) < 4.78 is 5.54. The summed E-state index contributed by atoms with van der Waals surface area (Å²) in [4.78, 5) is 14.9. The molecule has 14 heavy (non-hydrogen) atoms. The lowest BCUT2D eigenvalue weighted by Gasteiger charge is -2.06. The van der Waals surface area contributed by atoms with Crippen LogP contribution >= 0.6 is 11.8 Å². The van der Waals surface area contributed by atoms with Gasteiger partial charge >= 0.3 is 0 Å². The summed E-state index contributed by atoms with van der Waals surface area (Å²) in [5.74, 6) is 0.611. The average molecular weight is 209 g/mol. The van der Waals surface area contributed by atoms with Crippen LogP contribution in [0.3, 0.4) is 0 Å². The molecule has 0 spiro atoms. The Kier molecular flexibility index (Phi) is 2.72. The van der Waals surface area contributed by atoms with Gasteiger partial charge < -0.3 is 4.74 Å². The molecule has 0 atom stereocenters. The number of aromatic nitrogens is 1. The molecule has 1 aromatic heterocycles. The van der Waals surface area contributed by atoms with E-state index in [-0.39, 0.29) is 0 Å². The number of thioether (sulfide) groups is 1. The maximum Gasteiger partial charge on any atom is 0.153 e. The predicted octanol–water partition coefficient (Wildman–Crippen LogP) is 2.16. The SMILES string of the molecule is CSc1cc(C=O)c(OC2CC2)cn1. The molecule has 4 heteroatoms. The highest BCUT2D eigenvalue weighted by Crippen LogP contribution is 2.29. The molecule has 0 saturated heterocycles. The molecule has 1 aromatic rings. The first-order valence-corrected chi connectivity index (χ1v) is 5.72. The van der Waals surface area contributed by atoms with E-state index in [0.717, 1.165) is 24.2 Å². The highest BCUT2D eigenvalue weighted by Gasteiger charge is 2.24. The van der Waals surface area contributed by atoms with E-state index in [1.165, 1.54) is 11.8 Å². The van der Waals surface area contributed by atoms with Crippen molar-refractivity contribution in [1.29, 1.82) is 0 Å². The Morgan fingerprint density at radius 3 is 3.00 bits per heavy atom. The Labute approximate surface area is 86.9 Å². The molecule has 0 N–H and O–H groups in total. The number of rotatable bonds is 4. The van der Waals surface area contributed by atoms with Gasteiger partial charge in [-0.05, 0) is 25.2 Å². The number of carbonyl (C=O) groups is 1. The van der Waals surface area contributed by atoms with Gasteiger partial charge in [-0.3, -0.25) is 4.79 Å². The second-order valence-electron chi connectivity index (χ2n) is 3.20. The molecule has 0 radical (unpaired) electrons. The monoisotopic (exact) mass is 209 g/mol. The molecule has 1 saturated carbocycles. The van der Waals surface area contributed by atoms with E-state index in [1.807, 2.05) is 6.26 Å². The van der Waals surface area contributed by atoms with E-state index in [0.29, 0.717) is 17.4 Å². The third kappa shape index (κ3) is 2.07. The first-order chi connectivity index (χ1) is 6.83. The topological polar surface area (TPSA) is 39.2 Å². The van der Waals surface area contributed by atoms with Gasteiger partial charge in [0.2, 0.25) is 0 Å². The Morgan fingerprint density at radius 1 is 1.64 bits per heavy atom. The molecule has 0 bridgehead atoms. The van der Waals surface area contributed by atoms with Gasteiger partial charge in [-0.25, -0.2) is 4.98 Å². The molecule has 1 heterocycles. The van der Waals surface area contributed by atoms with Crippen LogP contribution in [0.2, 0.25) is 0 Å². The Hall–Kier alpha value is -1.03. The van der Waals surface area contributed by atoms with Gasteiger partial charge in [0.15, 0.2) is 6.29 Å². The molecular formula is C10H11NO2S. The minimum absolute atomic E-state index is 0.302. The number of ether oxygens (including phenoxy) is 1. The largest absolute Gasteiger partial charge is 0.488 e. The van der Waals surface area contributed by atoms with Crippen LogP contribution in [0.25, 0.3) is 0 Å². The molecule has 0 amide bonds. The molecule has 0 unspecified atom stereocenters. The van der Waals surface area contributed by atoms with Crippen molar-refractivity contribution in [2.75, 3.05) is 6.26 Å². The van der Waals surface area contributed by atoms with Gasteiger partial charge in [-0.1, -0.05) is 0 Å². The predicted molar refractivity (Wildman–Crippen MR) is 55.1 cm³/mol. The van der Waals surface area contributed by atoms with Crippen LogP contribution in [-0.2, 0) is 0 Å². The van der Waals surface area contributed by atoms with Crippen LogP contribution < -0.4 is 4.74 Å². The summed E-state index contributed by atoms with van der Waals surface area (Å²) >= 11 is 1.52. The Morgan fingerprint density at radius 2 is 2.43 bits per heavy atom. The number of aldehydes is 1. The standard InChI is InChI=1S/C10H11NO2S/c1-14-10-4-7(6-12)9(5-11-10)13-8-2-3-8/h4-6,8H,2-3H2,1H3. The minimum Gasteiger partial charge on any atom is -0.488 e. The van der Waals surface area contributed by atoms with Crippen LogP contribution in [0.1, 0.15) is 23.2 Å². The van der Waals surface area contributed by atoms with Crippen LogP contribution in [0, 0.1) is 0 Å². The summed E-state index contributed by atoms with van der Waals surface area (Å²) in [5.41, 5.74) is 0.594. The Bertz CT molecular complexity index is 350. The van der Waals surface area contributed by atoms with E-state index in [1.54, 1.807) is 12.3 Å². The zero-order valence-corrected chi connectivity index (χ0v) is 8.71. The molecule has 74 valence electrons. The summed E-state index contributed by atoms with van der Waals surface area (Å²) in [6, 6.07) is 1.76. The number of carbonyl (C=O) groups excluding carboxylic acids is 1. The number of nitrogens with zero attached hydrogens (tertiary/aromatic N) is 1. The first-order valence-electron chi connectivity index (χ1n) is 4.49. The summed E-state index contributed by atoms with van der Waals surface area (Å²) in [6.07, 6.45) is 6.85. The summed E-state index contributed by atoms with van der Waals surface area (Å²) in [7, 11) is 0. The van der Waals surface area contributed by atoms with Crippen LogP contribution in [0.15, 0.2) is 17.3 Å². The van der Waals surface area contributed by atoms with Crippen molar-refractivity contribution in [3.63, 3.8) is 0 Å². The van der Waals surface area contributed by atoms with Gasteiger partial charge in [0.25, 0.3) is 0 Å². The minimum atomic E-state index is 0.302. The Balaban J connectivity index is 2.23. The third-order valence-electron chi connectivity index (χ3n) is 2.03. The molecule has 1 aliphatic rings. The maximum atomic E-state index is 10.8. The fraction of sp³-hybridized carbons (Fsp3) is 0.400. The van der Waals surface area contributed by atoms with Crippen molar-refractivity contribution in [2.24, 2.45) is 0 Å². The highest BCUT2D eigenvalue weighted by molar-refractivity contribution is 7.98. The maximum absolute atomic E-state index is 10.8. The van der Waals surface area contributed by atoms with Crippen LogP contribution in [0.5, 0.6) is 5.75 Å². The van der Waals surface area contributed by atoms with Crippen molar-refractivity contribution in [3.05, 3.63) is 17.8 Å². The van der Waals surface area contributed by atoms with Gasteiger partial charge in [-0.2, -0.15) is 0 Å². The van der Waals surface area contributed by atoms with Gasteiger partial charge in [0.05, 0.1) is 22.9 Å². The van der Waals surface area contributed by atoms with E-state index >= 15 is 0 Å². The fourth-order valence-electron chi connectivity index (χ4n) is 1.11. The van der Waals surface area contributed by atoms with Crippen molar-refractivity contribution in [3.8, 4) is 5.75 Å². The second kappa shape index (κ2) is 4.00. The van der Waals surface area contributed by atoms with Gasteiger partial charge in [-0.15, -0.1) is 11.8 Å².